The van der Waals surface area contributed by atoms with Crippen LogP contribution in [0.15, 0.2) is 11.4 Å². The van der Waals surface area contributed by atoms with Gasteiger partial charge in [-0.1, -0.05) is 15.9 Å². The van der Waals surface area contributed by atoms with Gasteiger partial charge in [-0.3, -0.25) is 4.79 Å². The summed E-state index contributed by atoms with van der Waals surface area (Å²) in [5.74, 6) is 0.666. The summed E-state index contributed by atoms with van der Waals surface area (Å²) in [6, 6.07) is 1.74. The van der Waals surface area contributed by atoms with Crippen molar-refractivity contribution in [1.29, 1.82) is 0 Å². The zero-order valence-electron chi connectivity index (χ0n) is 9.70. The zero-order valence-corrected chi connectivity index (χ0v) is 12.1. The molecule has 0 spiro atoms. The third-order valence-corrected chi connectivity index (χ3v) is 3.24. The van der Waals surface area contributed by atoms with Crippen LogP contribution < -0.4 is 10.1 Å². The molecule has 1 amide bonds. The Morgan fingerprint density at radius 2 is 2.35 bits per heavy atom. The minimum Gasteiger partial charge on any atom is -0.496 e. The maximum Gasteiger partial charge on any atom is 0.261 e. The first kappa shape index (κ1) is 14.5. The Hall–Kier alpha value is -0.590. The smallest absolute Gasteiger partial charge is 0.261 e. The van der Waals surface area contributed by atoms with Gasteiger partial charge in [0.25, 0.3) is 5.91 Å². The topological polar surface area (TPSA) is 47.6 Å². The maximum atomic E-state index is 11.7. The molecule has 1 aromatic heterocycles. The number of hydrogen-bond acceptors (Lipinski definition) is 4. The molecule has 0 aliphatic rings. The van der Waals surface area contributed by atoms with Crippen LogP contribution in [-0.4, -0.2) is 38.1 Å². The van der Waals surface area contributed by atoms with Gasteiger partial charge in [-0.15, -0.1) is 11.3 Å². The van der Waals surface area contributed by atoms with E-state index in [1.165, 1.54) is 11.3 Å². The van der Waals surface area contributed by atoms with Gasteiger partial charge in [0.2, 0.25) is 0 Å². The SMILES string of the molecule is COc1csc(C(=O)NCCCOCCBr)c1. The molecule has 0 radical (unpaired) electrons. The second kappa shape index (κ2) is 8.49. The van der Waals surface area contributed by atoms with Crippen molar-refractivity contribution in [3.63, 3.8) is 0 Å². The molecule has 0 fully saturated rings. The summed E-state index contributed by atoms with van der Waals surface area (Å²) < 4.78 is 10.3. The molecule has 96 valence electrons. The first-order valence-electron chi connectivity index (χ1n) is 5.32. The van der Waals surface area contributed by atoms with Gasteiger partial charge in [-0.2, -0.15) is 0 Å². The Balaban J connectivity index is 2.16. The summed E-state index contributed by atoms with van der Waals surface area (Å²) in [4.78, 5) is 12.3. The number of thiophene rings is 1. The molecule has 1 N–H and O–H groups in total. The Kier molecular flexibility index (Phi) is 7.23. The van der Waals surface area contributed by atoms with Crippen molar-refractivity contribution in [1.82, 2.24) is 5.32 Å². The Morgan fingerprint density at radius 1 is 1.53 bits per heavy atom. The fourth-order valence-electron chi connectivity index (χ4n) is 1.16. The minimum atomic E-state index is -0.0567. The van der Waals surface area contributed by atoms with Gasteiger partial charge in [0, 0.05) is 29.9 Å². The predicted molar refractivity (Wildman–Crippen MR) is 72.4 cm³/mol. The van der Waals surface area contributed by atoms with Crippen LogP contribution in [0.4, 0.5) is 0 Å². The van der Waals surface area contributed by atoms with E-state index < -0.39 is 0 Å². The molecular weight excluding hydrogens is 306 g/mol. The number of ether oxygens (including phenoxy) is 2. The Bertz CT molecular complexity index is 343. The molecule has 0 aliphatic heterocycles. The fraction of sp³-hybridized carbons (Fsp3) is 0.545. The highest BCUT2D eigenvalue weighted by Crippen LogP contribution is 2.20. The summed E-state index contributed by atoms with van der Waals surface area (Å²) in [7, 11) is 1.59. The van der Waals surface area contributed by atoms with Crippen molar-refractivity contribution in [3.8, 4) is 5.75 Å². The van der Waals surface area contributed by atoms with Crippen molar-refractivity contribution < 1.29 is 14.3 Å². The number of halogens is 1. The van der Waals surface area contributed by atoms with E-state index >= 15 is 0 Å². The molecule has 0 saturated heterocycles. The van der Waals surface area contributed by atoms with E-state index in [4.69, 9.17) is 9.47 Å². The van der Waals surface area contributed by atoms with Crippen LogP contribution in [0.3, 0.4) is 0 Å². The van der Waals surface area contributed by atoms with Gasteiger partial charge >= 0.3 is 0 Å². The van der Waals surface area contributed by atoms with Crippen LogP contribution in [0.2, 0.25) is 0 Å². The number of hydrogen-bond donors (Lipinski definition) is 1. The molecule has 1 aromatic rings. The van der Waals surface area contributed by atoms with Crippen LogP contribution in [0.5, 0.6) is 5.75 Å². The first-order valence-corrected chi connectivity index (χ1v) is 7.32. The molecule has 0 bridgehead atoms. The van der Waals surface area contributed by atoms with Crippen molar-refractivity contribution in [3.05, 3.63) is 16.3 Å². The van der Waals surface area contributed by atoms with Gasteiger partial charge < -0.3 is 14.8 Å². The van der Waals surface area contributed by atoms with E-state index in [-0.39, 0.29) is 5.91 Å². The molecule has 0 saturated carbocycles. The highest BCUT2D eigenvalue weighted by Gasteiger charge is 2.08. The van der Waals surface area contributed by atoms with Gasteiger partial charge in [0.1, 0.15) is 5.75 Å². The number of nitrogens with one attached hydrogen (secondary N) is 1. The average Bonchev–Trinajstić information content (AvgIpc) is 2.82. The molecule has 0 atom stereocenters. The van der Waals surface area contributed by atoms with Crippen molar-refractivity contribution in [2.75, 3.05) is 32.2 Å². The van der Waals surface area contributed by atoms with Crippen LogP contribution in [-0.2, 0) is 4.74 Å². The van der Waals surface area contributed by atoms with E-state index in [1.54, 1.807) is 13.2 Å². The first-order chi connectivity index (χ1) is 8.27. The lowest BCUT2D eigenvalue weighted by atomic mass is 10.4. The molecule has 0 aliphatic carbocycles. The summed E-state index contributed by atoms with van der Waals surface area (Å²) >= 11 is 4.66. The second-order valence-corrected chi connectivity index (χ2v) is 4.97. The van der Waals surface area contributed by atoms with Gasteiger partial charge in [0.05, 0.1) is 18.6 Å². The molecule has 0 unspecified atom stereocenters. The summed E-state index contributed by atoms with van der Waals surface area (Å²) in [6.45, 7) is 2.00. The van der Waals surface area contributed by atoms with Crippen molar-refractivity contribution in [2.45, 2.75) is 6.42 Å². The zero-order chi connectivity index (χ0) is 12.5. The van der Waals surface area contributed by atoms with Gasteiger partial charge in [-0.05, 0) is 6.42 Å². The molecule has 6 heteroatoms. The number of amides is 1. The highest BCUT2D eigenvalue weighted by molar-refractivity contribution is 9.09. The van der Waals surface area contributed by atoms with Crippen molar-refractivity contribution in [2.24, 2.45) is 0 Å². The van der Waals surface area contributed by atoms with E-state index in [2.05, 4.69) is 21.2 Å². The Labute approximate surface area is 113 Å². The van der Waals surface area contributed by atoms with Crippen LogP contribution in [0.25, 0.3) is 0 Å². The Morgan fingerprint density at radius 3 is 3.00 bits per heavy atom. The lowest BCUT2D eigenvalue weighted by molar-refractivity contribution is 0.0948. The third-order valence-electron chi connectivity index (χ3n) is 2.01. The van der Waals surface area contributed by atoms with Crippen LogP contribution >= 0.6 is 27.3 Å². The number of carbonyl (C=O) groups excluding carboxylic acids is 1. The second-order valence-electron chi connectivity index (χ2n) is 3.26. The lowest BCUT2D eigenvalue weighted by Crippen LogP contribution is -2.24. The average molecular weight is 322 g/mol. The number of methoxy groups -OCH3 is 1. The van der Waals surface area contributed by atoms with Gasteiger partial charge in [-0.25, -0.2) is 0 Å². The minimum absolute atomic E-state index is 0.0567. The highest BCUT2D eigenvalue weighted by atomic mass is 79.9. The molecule has 17 heavy (non-hydrogen) atoms. The number of carbonyl (C=O) groups is 1. The summed E-state index contributed by atoms with van der Waals surface area (Å²) in [5.41, 5.74) is 0. The quantitative estimate of drug-likeness (QED) is 0.590. The van der Waals surface area contributed by atoms with Crippen LogP contribution in [0.1, 0.15) is 16.1 Å². The van der Waals surface area contributed by atoms with Gasteiger partial charge in [0.15, 0.2) is 0 Å². The van der Waals surface area contributed by atoms with E-state index in [9.17, 15) is 4.79 Å². The number of rotatable bonds is 8. The molecule has 4 nitrogen and oxygen atoms in total. The van der Waals surface area contributed by atoms with E-state index in [1.807, 2.05) is 5.38 Å². The summed E-state index contributed by atoms with van der Waals surface area (Å²) in [5, 5.41) is 5.49. The maximum absolute atomic E-state index is 11.7. The monoisotopic (exact) mass is 321 g/mol. The van der Waals surface area contributed by atoms with Crippen LogP contribution in [0, 0.1) is 0 Å². The molecule has 1 rings (SSSR count). The number of alkyl halides is 1. The molecular formula is C11H16BrNO3S. The standard InChI is InChI=1S/C11H16BrNO3S/c1-15-9-7-10(17-8-9)11(14)13-4-2-5-16-6-3-12/h7-8H,2-6H2,1H3,(H,13,14). The third kappa shape index (κ3) is 5.52. The van der Waals surface area contributed by atoms with E-state index in [0.29, 0.717) is 24.6 Å². The summed E-state index contributed by atoms with van der Waals surface area (Å²) in [6.07, 6.45) is 0.821. The lowest BCUT2D eigenvalue weighted by Gasteiger charge is -2.03. The molecule has 1 heterocycles. The normalized spacial score (nSPS) is 10.2. The van der Waals surface area contributed by atoms with Crippen molar-refractivity contribution >= 4 is 33.2 Å². The predicted octanol–water partition coefficient (Wildman–Crippen LogP) is 2.29. The fourth-order valence-corrected chi connectivity index (χ4v) is 2.16. The van der Waals surface area contributed by atoms with E-state index in [0.717, 1.165) is 17.5 Å². The molecule has 0 aromatic carbocycles. The largest absolute Gasteiger partial charge is 0.496 e.